The first-order chi connectivity index (χ1) is 21.3. The van der Waals surface area contributed by atoms with Crippen molar-refractivity contribution in [2.75, 3.05) is 0 Å². The molecular weight excluding hydrogens is 524 g/mol. The number of benzene rings is 6. The first-order valence-corrected chi connectivity index (χ1v) is 14.4. The van der Waals surface area contributed by atoms with Gasteiger partial charge < -0.3 is 4.42 Å². The molecule has 2 aromatic heterocycles. The van der Waals surface area contributed by atoms with E-state index in [0.717, 1.165) is 55.6 Å². The quantitative estimate of drug-likeness (QED) is 0.214. The Kier molecular flexibility index (Phi) is 6.12. The molecule has 43 heavy (non-hydrogen) atoms. The van der Waals surface area contributed by atoms with Crippen LogP contribution in [0, 0.1) is 0 Å². The number of para-hydroxylation sites is 1. The summed E-state index contributed by atoms with van der Waals surface area (Å²) in [6.45, 7) is 0. The monoisotopic (exact) mass is 550 g/mol. The van der Waals surface area contributed by atoms with Gasteiger partial charge in [0.2, 0.25) is 0 Å². The zero-order valence-corrected chi connectivity index (χ0v) is 23.3. The number of hydrogen-bond acceptors (Lipinski definition) is 3. The SMILES string of the molecule is c1ccc(-c2cccc(-c3ccc(-c4nc(-c5ccccc5)cc(-c5ccc6c(c5)oc5ccccc56)n4)cc3)c2)cc1. The van der Waals surface area contributed by atoms with Gasteiger partial charge in [-0.15, -0.1) is 0 Å². The van der Waals surface area contributed by atoms with Crippen LogP contribution in [0.1, 0.15) is 0 Å². The van der Waals surface area contributed by atoms with Crippen molar-refractivity contribution < 1.29 is 4.42 Å². The maximum atomic E-state index is 6.19. The van der Waals surface area contributed by atoms with Gasteiger partial charge in [-0.25, -0.2) is 9.97 Å². The van der Waals surface area contributed by atoms with Crippen molar-refractivity contribution in [2.24, 2.45) is 0 Å². The highest BCUT2D eigenvalue weighted by atomic mass is 16.3. The second kappa shape index (κ2) is 10.6. The van der Waals surface area contributed by atoms with E-state index < -0.39 is 0 Å². The number of furan rings is 1. The lowest BCUT2D eigenvalue weighted by atomic mass is 9.98. The standard InChI is InChI=1S/C40H26N2O/c1-3-10-27(11-4-1)31-14-9-15-32(24-31)28-18-20-30(21-19-28)40-41-36(29-12-5-2-6-13-29)26-37(42-40)33-22-23-35-34-16-7-8-17-38(34)43-39(35)25-33/h1-26H. The van der Waals surface area contributed by atoms with Crippen molar-refractivity contribution >= 4 is 21.9 Å². The number of rotatable bonds is 5. The molecule has 8 rings (SSSR count). The van der Waals surface area contributed by atoms with Crippen molar-refractivity contribution in [3.8, 4) is 56.2 Å². The van der Waals surface area contributed by atoms with Crippen LogP contribution in [0.3, 0.4) is 0 Å². The van der Waals surface area contributed by atoms with E-state index in [2.05, 4.69) is 115 Å². The second-order valence-electron chi connectivity index (χ2n) is 10.7. The van der Waals surface area contributed by atoms with E-state index in [4.69, 9.17) is 14.4 Å². The molecule has 0 saturated heterocycles. The zero-order valence-electron chi connectivity index (χ0n) is 23.3. The highest BCUT2D eigenvalue weighted by molar-refractivity contribution is 6.05. The first kappa shape index (κ1) is 25.0. The Bertz CT molecular complexity index is 2220. The summed E-state index contributed by atoms with van der Waals surface area (Å²) in [5.74, 6) is 0.686. The molecule has 0 fully saturated rings. The van der Waals surface area contributed by atoms with Gasteiger partial charge in [0.1, 0.15) is 11.2 Å². The van der Waals surface area contributed by atoms with Gasteiger partial charge in [-0.2, -0.15) is 0 Å². The lowest BCUT2D eigenvalue weighted by Crippen LogP contribution is -1.96. The average Bonchev–Trinajstić information content (AvgIpc) is 3.47. The molecule has 0 N–H and O–H groups in total. The van der Waals surface area contributed by atoms with Crippen molar-refractivity contribution in [2.45, 2.75) is 0 Å². The predicted molar refractivity (Wildman–Crippen MR) is 176 cm³/mol. The molecule has 0 atom stereocenters. The smallest absolute Gasteiger partial charge is 0.160 e. The number of nitrogens with zero attached hydrogens (tertiary/aromatic N) is 2. The molecule has 0 aliphatic heterocycles. The average molecular weight is 551 g/mol. The topological polar surface area (TPSA) is 38.9 Å². The molecule has 0 amide bonds. The maximum absolute atomic E-state index is 6.19. The van der Waals surface area contributed by atoms with Crippen LogP contribution in [0.4, 0.5) is 0 Å². The highest BCUT2D eigenvalue weighted by Gasteiger charge is 2.13. The Morgan fingerprint density at radius 1 is 0.326 bits per heavy atom. The summed E-state index contributed by atoms with van der Waals surface area (Å²) in [7, 11) is 0. The van der Waals surface area contributed by atoms with Gasteiger partial charge in [-0.05, 0) is 52.6 Å². The lowest BCUT2D eigenvalue weighted by molar-refractivity contribution is 0.669. The summed E-state index contributed by atoms with van der Waals surface area (Å²) in [5.41, 5.74) is 11.2. The first-order valence-electron chi connectivity index (χ1n) is 14.4. The van der Waals surface area contributed by atoms with Crippen LogP contribution < -0.4 is 0 Å². The summed E-state index contributed by atoms with van der Waals surface area (Å²) in [6, 6.07) is 54.5. The molecule has 6 aromatic carbocycles. The fraction of sp³-hybridized carbons (Fsp3) is 0. The summed E-state index contributed by atoms with van der Waals surface area (Å²) in [5, 5.41) is 2.22. The third kappa shape index (κ3) is 4.77. The Hall–Kier alpha value is -5.80. The summed E-state index contributed by atoms with van der Waals surface area (Å²) in [6.07, 6.45) is 0. The van der Waals surface area contributed by atoms with Crippen LogP contribution in [0.5, 0.6) is 0 Å². The molecule has 0 unspecified atom stereocenters. The van der Waals surface area contributed by atoms with Crippen LogP contribution in [-0.4, -0.2) is 9.97 Å². The minimum absolute atomic E-state index is 0.686. The lowest BCUT2D eigenvalue weighted by Gasteiger charge is -2.10. The number of fused-ring (bicyclic) bond motifs is 3. The van der Waals surface area contributed by atoms with E-state index in [0.29, 0.717) is 5.82 Å². The third-order valence-electron chi connectivity index (χ3n) is 7.92. The van der Waals surface area contributed by atoms with Crippen LogP contribution in [0.25, 0.3) is 78.1 Å². The minimum atomic E-state index is 0.686. The molecule has 8 aromatic rings. The molecule has 0 radical (unpaired) electrons. The van der Waals surface area contributed by atoms with Gasteiger partial charge in [0.15, 0.2) is 5.82 Å². The molecule has 202 valence electrons. The second-order valence-corrected chi connectivity index (χ2v) is 10.7. The van der Waals surface area contributed by atoms with Crippen molar-refractivity contribution in [3.63, 3.8) is 0 Å². The molecule has 2 heterocycles. The highest BCUT2D eigenvalue weighted by Crippen LogP contribution is 2.34. The van der Waals surface area contributed by atoms with E-state index in [1.54, 1.807) is 0 Å². The number of hydrogen-bond donors (Lipinski definition) is 0. The Labute approximate surface area is 249 Å². The van der Waals surface area contributed by atoms with Crippen LogP contribution in [0.2, 0.25) is 0 Å². The fourth-order valence-electron chi connectivity index (χ4n) is 5.69. The van der Waals surface area contributed by atoms with E-state index in [-0.39, 0.29) is 0 Å². The molecule has 3 heteroatoms. The zero-order chi connectivity index (χ0) is 28.6. The fourth-order valence-corrected chi connectivity index (χ4v) is 5.69. The van der Waals surface area contributed by atoms with E-state index >= 15 is 0 Å². The molecular formula is C40H26N2O. The summed E-state index contributed by atoms with van der Waals surface area (Å²) >= 11 is 0. The summed E-state index contributed by atoms with van der Waals surface area (Å²) < 4.78 is 6.19. The van der Waals surface area contributed by atoms with E-state index in [1.807, 2.05) is 42.5 Å². The Morgan fingerprint density at radius 2 is 0.860 bits per heavy atom. The largest absolute Gasteiger partial charge is 0.456 e. The van der Waals surface area contributed by atoms with Crippen LogP contribution in [-0.2, 0) is 0 Å². The van der Waals surface area contributed by atoms with Crippen molar-refractivity contribution in [1.29, 1.82) is 0 Å². The minimum Gasteiger partial charge on any atom is -0.456 e. The van der Waals surface area contributed by atoms with Crippen molar-refractivity contribution in [1.82, 2.24) is 9.97 Å². The van der Waals surface area contributed by atoms with E-state index in [1.165, 1.54) is 16.7 Å². The van der Waals surface area contributed by atoms with Crippen molar-refractivity contribution in [3.05, 3.63) is 158 Å². The molecule has 0 bridgehead atoms. The molecule has 0 spiro atoms. The van der Waals surface area contributed by atoms with Gasteiger partial charge >= 0.3 is 0 Å². The maximum Gasteiger partial charge on any atom is 0.160 e. The number of aromatic nitrogens is 2. The Balaban J connectivity index is 1.20. The normalized spacial score (nSPS) is 11.3. The molecule has 0 aliphatic rings. The van der Waals surface area contributed by atoms with E-state index in [9.17, 15) is 0 Å². The van der Waals surface area contributed by atoms with Gasteiger partial charge in [-0.3, -0.25) is 0 Å². The third-order valence-corrected chi connectivity index (χ3v) is 7.92. The predicted octanol–water partition coefficient (Wildman–Crippen LogP) is 10.7. The molecule has 0 saturated carbocycles. The van der Waals surface area contributed by atoms with Gasteiger partial charge in [0.25, 0.3) is 0 Å². The van der Waals surface area contributed by atoms with Gasteiger partial charge in [-0.1, -0.05) is 127 Å². The molecule has 3 nitrogen and oxygen atoms in total. The Morgan fingerprint density at radius 3 is 1.60 bits per heavy atom. The van der Waals surface area contributed by atoms with Crippen LogP contribution >= 0.6 is 0 Å². The summed E-state index contributed by atoms with van der Waals surface area (Å²) in [4.78, 5) is 10.1. The molecule has 0 aliphatic carbocycles. The van der Waals surface area contributed by atoms with Gasteiger partial charge in [0, 0.05) is 27.5 Å². The van der Waals surface area contributed by atoms with Gasteiger partial charge in [0.05, 0.1) is 11.4 Å². The van der Waals surface area contributed by atoms with Crippen LogP contribution in [0.15, 0.2) is 162 Å².